The highest BCUT2D eigenvalue weighted by atomic mass is 19.4. The molecule has 0 fully saturated rings. The van der Waals surface area contributed by atoms with Crippen LogP contribution in [-0.4, -0.2) is 15.9 Å². The zero-order valence-electron chi connectivity index (χ0n) is 13.9. The summed E-state index contributed by atoms with van der Waals surface area (Å²) in [6.07, 6.45) is -2.16. The number of anilines is 1. The minimum Gasteiger partial charge on any atom is -0.361 e. The number of benzene rings is 2. The number of aromatic nitrogens is 2. The predicted octanol–water partition coefficient (Wildman–Crippen LogP) is 4.42. The van der Waals surface area contributed by atoms with E-state index in [4.69, 9.17) is 0 Å². The van der Waals surface area contributed by atoms with E-state index in [1.807, 2.05) is 0 Å². The van der Waals surface area contributed by atoms with Gasteiger partial charge in [-0.2, -0.15) is 13.2 Å². The average molecular weight is 389 g/mol. The van der Waals surface area contributed by atoms with Crippen LogP contribution in [0.2, 0.25) is 0 Å². The third-order valence-corrected chi connectivity index (χ3v) is 4.33. The second-order valence-corrected chi connectivity index (χ2v) is 6.14. The number of carbonyl (C=O) groups excluding carboxylic acids is 1. The molecule has 4 aromatic rings. The van der Waals surface area contributed by atoms with Crippen LogP contribution in [0.25, 0.3) is 21.8 Å². The molecule has 0 unspecified atom stereocenters. The molecule has 0 saturated carbocycles. The van der Waals surface area contributed by atoms with Gasteiger partial charge in [-0.25, -0.2) is 4.39 Å². The molecule has 4 rings (SSSR count). The van der Waals surface area contributed by atoms with Gasteiger partial charge in [-0.15, -0.1) is 0 Å². The highest BCUT2D eigenvalue weighted by Gasteiger charge is 2.34. The summed E-state index contributed by atoms with van der Waals surface area (Å²) in [5, 5.41) is 2.39. The standard InChI is InChI=1S/C19H11F4N3O2/c20-10-1-2-14-11(6-10)17(27)12(8-25-14)18(28)26-16-7-15-9(3-4-24-15)5-13(16)19(21,22)23/h1-8,24H,(H,25,27)(H,26,28). The molecule has 142 valence electrons. The molecule has 9 heteroatoms. The van der Waals surface area contributed by atoms with Crippen molar-refractivity contribution < 1.29 is 22.4 Å². The smallest absolute Gasteiger partial charge is 0.361 e. The molecule has 0 aliphatic rings. The maximum Gasteiger partial charge on any atom is 0.418 e. The normalized spacial score (nSPS) is 11.9. The van der Waals surface area contributed by atoms with Crippen LogP contribution in [0.1, 0.15) is 15.9 Å². The molecule has 5 nitrogen and oxygen atoms in total. The van der Waals surface area contributed by atoms with Crippen LogP contribution in [0, 0.1) is 5.82 Å². The first-order valence-electron chi connectivity index (χ1n) is 8.04. The van der Waals surface area contributed by atoms with E-state index in [1.54, 1.807) is 0 Å². The van der Waals surface area contributed by atoms with Crippen LogP contribution in [-0.2, 0) is 6.18 Å². The Hall–Kier alpha value is -3.62. The van der Waals surface area contributed by atoms with Crippen LogP contribution in [0.4, 0.5) is 23.2 Å². The summed E-state index contributed by atoms with van der Waals surface area (Å²) in [7, 11) is 0. The molecule has 0 aliphatic heterocycles. The number of H-pyrrole nitrogens is 2. The summed E-state index contributed by atoms with van der Waals surface area (Å²) in [6, 6.07) is 6.94. The highest BCUT2D eigenvalue weighted by Crippen LogP contribution is 2.37. The molecule has 0 saturated heterocycles. The number of alkyl halides is 3. The molecule has 3 N–H and O–H groups in total. The molecule has 0 bridgehead atoms. The second-order valence-electron chi connectivity index (χ2n) is 6.14. The lowest BCUT2D eigenvalue weighted by Crippen LogP contribution is -2.23. The Kier molecular flexibility index (Phi) is 3.95. The van der Waals surface area contributed by atoms with Gasteiger partial charge in [-0.3, -0.25) is 9.59 Å². The van der Waals surface area contributed by atoms with Crippen LogP contribution < -0.4 is 10.7 Å². The number of carbonyl (C=O) groups is 1. The van der Waals surface area contributed by atoms with Gasteiger partial charge in [0.25, 0.3) is 5.91 Å². The van der Waals surface area contributed by atoms with Crippen molar-refractivity contribution in [1.29, 1.82) is 0 Å². The van der Waals surface area contributed by atoms with E-state index >= 15 is 0 Å². The number of fused-ring (bicyclic) bond motifs is 2. The first-order chi connectivity index (χ1) is 13.2. The number of nitrogens with one attached hydrogen (secondary N) is 3. The SMILES string of the molecule is O=C(Nc1cc2[nH]ccc2cc1C(F)(F)F)c1c[nH]c2ccc(F)cc2c1=O. The maximum absolute atomic E-state index is 13.4. The van der Waals surface area contributed by atoms with Gasteiger partial charge in [0, 0.05) is 34.2 Å². The van der Waals surface area contributed by atoms with E-state index in [-0.39, 0.29) is 5.39 Å². The van der Waals surface area contributed by atoms with Crippen molar-refractivity contribution >= 4 is 33.4 Å². The van der Waals surface area contributed by atoms with Gasteiger partial charge in [0.15, 0.2) is 0 Å². The fraction of sp³-hybridized carbons (Fsp3) is 0.0526. The number of rotatable bonds is 2. The predicted molar refractivity (Wildman–Crippen MR) is 95.8 cm³/mol. The lowest BCUT2D eigenvalue weighted by Gasteiger charge is -2.14. The molecule has 0 aliphatic carbocycles. The molecule has 0 spiro atoms. The molecule has 2 aromatic heterocycles. The summed E-state index contributed by atoms with van der Waals surface area (Å²) >= 11 is 0. The summed E-state index contributed by atoms with van der Waals surface area (Å²) in [5.41, 5.74) is -2.08. The topological polar surface area (TPSA) is 77.8 Å². The summed E-state index contributed by atoms with van der Waals surface area (Å²) in [6.45, 7) is 0. The minimum absolute atomic E-state index is 0.0801. The van der Waals surface area contributed by atoms with Crippen molar-refractivity contribution in [3.05, 3.63) is 76.0 Å². The van der Waals surface area contributed by atoms with Crippen molar-refractivity contribution in [3.63, 3.8) is 0 Å². The molecular formula is C19H11F4N3O2. The molecule has 0 radical (unpaired) electrons. The monoisotopic (exact) mass is 389 g/mol. The van der Waals surface area contributed by atoms with Crippen molar-refractivity contribution in [2.24, 2.45) is 0 Å². The molecular weight excluding hydrogens is 378 g/mol. The van der Waals surface area contributed by atoms with Gasteiger partial charge in [0.2, 0.25) is 5.43 Å². The third-order valence-electron chi connectivity index (χ3n) is 4.33. The quantitative estimate of drug-likeness (QED) is 0.444. The maximum atomic E-state index is 13.4. The molecule has 0 atom stereocenters. The molecule has 28 heavy (non-hydrogen) atoms. The Bertz CT molecular complexity index is 1290. The van der Waals surface area contributed by atoms with Gasteiger partial charge >= 0.3 is 6.18 Å². The Morgan fingerprint density at radius 1 is 1.00 bits per heavy atom. The summed E-state index contributed by atoms with van der Waals surface area (Å²) < 4.78 is 53.6. The highest BCUT2D eigenvalue weighted by molar-refractivity contribution is 6.07. The van der Waals surface area contributed by atoms with E-state index in [9.17, 15) is 27.2 Å². The van der Waals surface area contributed by atoms with E-state index in [0.717, 1.165) is 30.5 Å². The van der Waals surface area contributed by atoms with Crippen molar-refractivity contribution in [3.8, 4) is 0 Å². The first kappa shape index (κ1) is 17.8. The van der Waals surface area contributed by atoms with Gasteiger partial charge in [-0.1, -0.05) is 0 Å². The number of amides is 1. The fourth-order valence-corrected chi connectivity index (χ4v) is 2.99. The zero-order valence-corrected chi connectivity index (χ0v) is 13.9. The summed E-state index contributed by atoms with van der Waals surface area (Å²) in [5.74, 6) is -1.71. The first-order valence-corrected chi connectivity index (χ1v) is 8.04. The second kappa shape index (κ2) is 6.22. The van der Waals surface area contributed by atoms with E-state index < -0.39 is 40.1 Å². The lowest BCUT2D eigenvalue weighted by molar-refractivity contribution is -0.136. The average Bonchev–Trinajstić information content (AvgIpc) is 3.08. The van der Waals surface area contributed by atoms with Crippen molar-refractivity contribution in [2.45, 2.75) is 6.18 Å². The van der Waals surface area contributed by atoms with Crippen LogP contribution in [0.15, 0.2) is 53.6 Å². The minimum atomic E-state index is -4.72. The molecule has 1 amide bonds. The molecule has 2 aromatic carbocycles. The van der Waals surface area contributed by atoms with Crippen LogP contribution in [0.5, 0.6) is 0 Å². The van der Waals surface area contributed by atoms with E-state index in [1.165, 1.54) is 18.3 Å². The van der Waals surface area contributed by atoms with Crippen LogP contribution >= 0.6 is 0 Å². The molecule has 2 heterocycles. The van der Waals surface area contributed by atoms with Gasteiger partial charge in [0.05, 0.1) is 11.3 Å². The zero-order chi connectivity index (χ0) is 20.1. The van der Waals surface area contributed by atoms with Crippen molar-refractivity contribution in [2.75, 3.05) is 5.32 Å². The Morgan fingerprint density at radius 2 is 1.79 bits per heavy atom. The number of hydrogen-bond acceptors (Lipinski definition) is 2. The Balaban J connectivity index is 1.79. The number of aromatic amines is 2. The van der Waals surface area contributed by atoms with E-state index in [2.05, 4.69) is 15.3 Å². The fourth-order valence-electron chi connectivity index (χ4n) is 2.99. The van der Waals surface area contributed by atoms with Crippen LogP contribution in [0.3, 0.4) is 0 Å². The number of pyridine rings is 1. The number of halogens is 4. The van der Waals surface area contributed by atoms with Gasteiger partial charge < -0.3 is 15.3 Å². The summed E-state index contributed by atoms with van der Waals surface area (Å²) in [4.78, 5) is 30.4. The number of hydrogen-bond donors (Lipinski definition) is 3. The van der Waals surface area contributed by atoms with Gasteiger partial charge in [-0.05, 0) is 36.4 Å². The Labute approximate surface area is 154 Å². The van der Waals surface area contributed by atoms with Gasteiger partial charge in [0.1, 0.15) is 11.4 Å². The lowest BCUT2D eigenvalue weighted by atomic mass is 10.1. The Morgan fingerprint density at radius 3 is 2.54 bits per heavy atom. The van der Waals surface area contributed by atoms with Crippen molar-refractivity contribution in [1.82, 2.24) is 9.97 Å². The largest absolute Gasteiger partial charge is 0.418 e. The van der Waals surface area contributed by atoms with E-state index in [0.29, 0.717) is 16.4 Å². The third kappa shape index (κ3) is 3.00.